The summed E-state index contributed by atoms with van der Waals surface area (Å²) < 4.78 is 2.07. The summed E-state index contributed by atoms with van der Waals surface area (Å²) in [7, 11) is 0. The summed E-state index contributed by atoms with van der Waals surface area (Å²) in [5, 5.41) is 0. The molecule has 0 bridgehead atoms. The summed E-state index contributed by atoms with van der Waals surface area (Å²) >= 11 is 0. The van der Waals surface area contributed by atoms with Gasteiger partial charge in [0.15, 0.2) is 0 Å². The second-order valence-corrected chi connectivity index (χ2v) is 3.64. The van der Waals surface area contributed by atoms with Gasteiger partial charge >= 0.3 is 0 Å². The van der Waals surface area contributed by atoms with Crippen molar-refractivity contribution >= 4 is 0 Å². The van der Waals surface area contributed by atoms with Crippen molar-refractivity contribution in [1.29, 1.82) is 0 Å². The number of rotatable bonds is 3. The van der Waals surface area contributed by atoms with E-state index in [0.717, 1.165) is 12.8 Å². The molecule has 0 unspecified atom stereocenters. The Bertz CT molecular complexity index is 430. The number of aromatic nitrogens is 2. The lowest BCUT2D eigenvalue weighted by atomic mass is 10.0. The van der Waals surface area contributed by atoms with Crippen LogP contribution < -0.4 is 0 Å². The summed E-state index contributed by atoms with van der Waals surface area (Å²) in [6.07, 6.45) is 7.80. The van der Waals surface area contributed by atoms with Crippen molar-refractivity contribution in [2.45, 2.75) is 26.7 Å². The van der Waals surface area contributed by atoms with Crippen LogP contribution in [0.3, 0.4) is 0 Å². The molecule has 2 heteroatoms. The Kier molecular flexibility index (Phi) is 2.86. The van der Waals surface area contributed by atoms with Gasteiger partial charge in [0.25, 0.3) is 0 Å². The predicted octanol–water partition coefficient (Wildman–Crippen LogP) is 3.00. The van der Waals surface area contributed by atoms with Gasteiger partial charge in [0, 0.05) is 18.1 Å². The lowest BCUT2D eigenvalue weighted by molar-refractivity contribution is 0.991. The zero-order chi connectivity index (χ0) is 10.7. The Balaban J connectivity index is 2.48. The maximum atomic E-state index is 4.08. The largest absolute Gasteiger partial charge is 0.306 e. The molecule has 0 aliphatic heterocycles. The fourth-order valence-corrected chi connectivity index (χ4v) is 1.80. The van der Waals surface area contributed by atoms with Crippen LogP contribution >= 0.6 is 0 Å². The van der Waals surface area contributed by atoms with Crippen LogP contribution in [0.25, 0.3) is 5.69 Å². The molecular weight excluding hydrogens is 184 g/mol. The van der Waals surface area contributed by atoms with Crippen molar-refractivity contribution in [3.05, 3.63) is 48.0 Å². The van der Waals surface area contributed by atoms with Crippen LogP contribution in [0.2, 0.25) is 0 Å². The van der Waals surface area contributed by atoms with E-state index in [1.54, 1.807) is 0 Å². The van der Waals surface area contributed by atoms with Crippen molar-refractivity contribution in [3.8, 4) is 5.69 Å². The third-order valence-electron chi connectivity index (χ3n) is 2.72. The average molecular weight is 200 g/mol. The zero-order valence-electron chi connectivity index (χ0n) is 9.27. The second kappa shape index (κ2) is 4.30. The van der Waals surface area contributed by atoms with Crippen LogP contribution in [0.4, 0.5) is 0 Å². The highest BCUT2D eigenvalue weighted by Crippen LogP contribution is 2.17. The van der Waals surface area contributed by atoms with Crippen molar-refractivity contribution in [1.82, 2.24) is 9.55 Å². The van der Waals surface area contributed by atoms with E-state index in [0.29, 0.717) is 0 Å². The van der Waals surface area contributed by atoms with E-state index in [-0.39, 0.29) is 0 Å². The first-order valence-electron chi connectivity index (χ1n) is 5.45. The Morgan fingerprint density at radius 1 is 1.20 bits per heavy atom. The summed E-state index contributed by atoms with van der Waals surface area (Å²) in [6.45, 7) is 4.38. The van der Waals surface area contributed by atoms with E-state index in [9.17, 15) is 0 Å². The topological polar surface area (TPSA) is 17.8 Å². The smallest absolute Gasteiger partial charge is 0.0991 e. The average Bonchev–Trinajstić information content (AvgIpc) is 2.81. The minimum absolute atomic E-state index is 1.06. The highest BCUT2D eigenvalue weighted by atomic mass is 15.0. The highest BCUT2D eigenvalue weighted by Gasteiger charge is 2.03. The summed E-state index contributed by atoms with van der Waals surface area (Å²) in [6, 6.07) is 6.66. The van der Waals surface area contributed by atoms with Gasteiger partial charge in [0.05, 0.1) is 6.33 Å². The molecular formula is C13H16N2. The number of nitrogens with zero attached hydrogens (tertiary/aromatic N) is 2. The number of hydrogen-bond acceptors (Lipinski definition) is 1. The number of imidazole rings is 1. The first-order chi connectivity index (χ1) is 7.35. The standard InChI is InChI=1S/C13H16N2/c1-3-11-5-6-13(12(4-2)9-11)15-8-7-14-10-15/h5-10H,3-4H2,1-2H3. The lowest BCUT2D eigenvalue weighted by Gasteiger charge is -2.10. The van der Waals surface area contributed by atoms with Gasteiger partial charge in [0.1, 0.15) is 0 Å². The van der Waals surface area contributed by atoms with Crippen LogP contribution in [0.15, 0.2) is 36.9 Å². The predicted molar refractivity (Wildman–Crippen MR) is 62.3 cm³/mol. The SMILES string of the molecule is CCc1ccc(-n2ccnc2)c(CC)c1. The minimum atomic E-state index is 1.06. The molecule has 0 amide bonds. The van der Waals surface area contributed by atoms with Gasteiger partial charge in [-0.3, -0.25) is 0 Å². The third-order valence-corrected chi connectivity index (χ3v) is 2.72. The van der Waals surface area contributed by atoms with Crippen molar-refractivity contribution in [2.24, 2.45) is 0 Å². The van der Waals surface area contributed by atoms with Crippen LogP contribution in [0.5, 0.6) is 0 Å². The monoisotopic (exact) mass is 200 g/mol. The van der Waals surface area contributed by atoms with Gasteiger partial charge in [-0.15, -0.1) is 0 Å². The molecule has 2 nitrogen and oxygen atoms in total. The molecule has 0 spiro atoms. The van der Waals surface area contributed by atoms with Crippen molar-refractivity contribution < 1.29 is 0 Å². The van der Waals surface area contributed by atoms with Crippen LogP contribution in [-0.4, -0.2) is 9.55 Å². The molecule has 0 saturated carbocycles. The summed E-state index contributed by atoms with van der Waals surface area (Å²) in [4.78, 5) is 4.08. The van der Waals surface area contributed by atoms with Gasteiger partial charge in [-0.25, -0.2) is 4.98 Å². The molecule has 0 atom stereocenters. The summed E-state index contributed by atoms with van der Waals surface area (Å²) in [5.74, 6) is 0. The quantitative estimate of drug-likeness (QED) is 0.744. The molecule has 2 aromatic rings. The van der Waals surface area contributed by atoms with Crippen LogP contribution in [-0.2, 0) is 12.8 Å². The Labute approximate surface area is 90.6 Å². The van der Waals surface area contributed by atoms with Crippen molar-refractivity contribution in [3.63, 3.8) is 0 Å². The molecule has 78 valence electrons. The molecule has 0 radical (unpaired) electrons. The zero-order valence-corrected chi connectivity index (χ0v) is 9.27. The van der Waals surface area contributed by atoms with Crippen LogP contribution in [0, 0.1) is 0 Å². The van der Waals surface area contributed by atoms with E-state index in [4.69, 9.17) is 0 Å². The maximum Gasteiger partial charge on any atom is 0.0991 e. The van der Waals surface area contributed by atoms with Gasteiger partial charge in [-0.2, -0.15) is 0 Å². The van der Waals surface area contributed by atoms with Gasteiger partial charge in [-0.05, 0) is 30.0 Å². The normalized spacial score (nSPS) is 10.5. The first-order valence-corrected chi connectivity index (χ1v) is 5.45. The molecule has 15 heavy (non-hydrogen) atoms. The van der Waals surface area contributed by atoms with E-state index in [1.807, 2.05) is 18.7 Å². The number of aryl methyl sites for hydroxylation is 2. The van der Waals surface area contributed by atoms with Gasteiger partial charge in [-0.1, -0.05) is 26.0 Å². The summed E-state index contributed by atoms with van der Waals surface area (Å²) in [5.41, 5.74) is 4.02. The lowest BCUT2D eigenvalue weighted by Crippen LogP contribution is -1.97. The van der Waals surface area contributed by atoms with Gasteiger partial charge < -0.3 is 4.57 Å². The molecule has 0 N–H and O–H groups in total. The Hall–Kier alpha value is -1.57. The molecule has 1 heterocycles. The Morgan fingerprint density at radius 2 is 2.07 bits per heavy atom. The van der Waals surface area contributed by atoms with Crippen molar-refractivity contribution in [2.75, 3.05) is 0 Å². The van der Waals surface area contributed by atoms with E-state index in [2.05, 4.69) is 41.6 Å². The number of benzene rings is 1. The molecule has 1 aromatic heterocycles. The number of hydrogen-bond donors (Lipinski definition) is 0. The maximum absolute atomic E-state index is 4.08. The molecule has 0 aliphatic carbocycles. The molecule has 0 fully saturated rings. The van der Waals surface area contributed by atoms with E-state index in [1.165, 1.54) is 16.8 Å². The fraction of sp³-hybridized carbons (Fsp3) is 0.308. The highest BCUT2D eigenvalue weighted by molar-refractivity contribution is 5.43. The van der Waals surface area contributed by atoms with Crippen LogP contribution in [0.1, 0.15) is 25.0 Å². The fourth-order valence-electron chi connectivity index (χ4n) is 1.80. The first kappa shape index (κ1) is 9.97. The Morgan fingerprint density at radius 3 is 2.67 bits per heavy atom. The van der Waals surface area contributed by atoms with Gasteiger partial charge in [0.2, 0.25) is 0 Å². The molecule has 2 rings (SSSR count). The van der Waals surface area contributed by atoms with E-state index < -0.39 is 0 Å². The minimum Gasteiger partial charge on any atom is -0.306 e. The van der Waals surface area contributed by atoms with E-state index >= 15 is 0 Å². The third kappa shape index (κ3) is 1.94. The molecule has 0 aliphatic rings. The molecule has 1 aromatic carbocycles. The second-order valence-electron chi connectivity index (χ2n) is 3.64. The molecule has 0 saturated heterocycles.